The number of rotatable bonds is 42. The van der Waals surface area contributed by atoms with Gasteiger partial charge in [0.15, 0.2) is 5.25 Å². The average molecular weight is 1070 g/mol. The quantitative estimate of drug-likeness (QED) is 0.00755. The summed E-state index contributed by atoms with van der Waals surface area (Å²) >= 11 is 0. The van der Waals surface area contributed by atoms with Gasteiger partial charge in [-0.15, -0.1) is 0 Å². The minimum Gasteiger partial charge on any atom is -1.00 e. The van der Waals surface area contributed by atoms with Crippen molar-refractivity contribution >= 4 is 34.0 Å². The fourth-order valence-electron chi connectivity index (χ4n) is 6.09. The first-order valence-electron chi connectivity index (χ1n) is 24.4. The summed E-state index contributed by atoms with van der Waals surface area (Å²) in [5, 5.41) is 49.9. The van der Waals surface area contributed by atoms with Gasteiger partial charge in [-0.3, -0.25) is 23.7 Å². The van der Waals surface area contributed by atoms with Crippen LogP contribution in [0.3, 0.4) is 0 Å². The Hall–Kier alpha value is 1.35. The smallest absolute Gasteiger partial charge is 1.00 e. The first kappa shape index (κ1) is 85.3. The number of aliphatic hydroxyl groups is 6. The fraction of sp³-hybridized carbons (Fsp3) is 0.833. The standard InChI is InChI=1S/C40H70O11S.2C4H10O3.4Na.4H/c1-3-5-7-21-27-34(41)29-23-17-13-9-11-15-19-25-31-37(43)50-39(45)33-36(52(47,48)49)40(46)51-38(44)32-26-20-16-12-10-14-18-24-30-35(42)28-22-8-6-4-2;2*5-1-3-7-4-2-6;;;;;;;;/h17-18,23-24,34-36,41-42H,3-16,19-22,25-33H2,1-2H3,(H,47,48,49);2*5-6H,1-4H2;;;;;;;;/q;;;4*+1;4*-1/b23-17-,24-18-;;;;;;;;;;/t34-,35-,36?;;;;;;;;;;/m1........../s1. The van der Waals surface area contributed by atoms with Gasteiger partial charge in [0.05, 0.1) is 71.5 Å². The summed E-state index contributed by atoms with van der Waals surface area (Å²) in [6, 6.07) is 0. The van der Waals surface area contributed by atoms with Gasteiger partial charge < -0.3 is 55.3 Å². The second-order valence-electron chi connectivity index (χ2n) is 16.0. The molecule has 0 aliphatic rings. The van der Waals surface area contributed by atoms with Gasteiger partial charge in [0.1, 0.15) is 0 Å². The van der Waals surface area contributed by atoms with Gasteiger partial charge in [-0.05, 0) is 64.2 Å². The molecule has 0 amide bonds. The molecule has 398 valence electrons. The monoisotopic (exact) mass is 1070 g/mol. The Balaban J connectivity index is -0.000000175. The van der Waals surface area contributed by atoms with Crippen molar-refractivity contribution in [2.75, 3.05) is 52.9 Å². The minimum absolute atomic E-state index is 0. The Labute approximate surface area is 516 Å². The number of hydrogen-bond acceptors (Lipinski definition) is 16. The molecule has 7 N–H and O–H groups in total. The summed E-state index contributed by atoms with van der Waals surface area (Å²) in [6.45, 7) is 5.71. The van der Waals surface area contributed by atoms with Crippen molar-refractivity contribution in [1.29, 1.82) is 0 Å². The van der Waals surface area contributed by atoms with Gasteiger partial charge >= 0.3 is 142 Å². The van der Waals surface area contributed by atoms with Crippen LogP contribution >= 0.6 is 0 Å². The average Bonchev–Trinajstić information content (AvgIpc) is 3.27. The van der Waals surface area contributed by atoms with Crippen molar-refractivity contribution in [3.63, 3.8) is 0 Å². The molecule has 70 heavy (non-hydrogen) atoms. The van der Waals surface area contributed by atoms with Crippen molar-refractivity contribution in [1.82, 2.24) is 0 Å². The molecule has 0 fully saturated rings. The molecule has 0 aromatic heterocycles. The van der Waals surface area contributed by atoms with E-state index >= 15 is 0 Å². The Bertz CT molecular complexity index is 1320. The van der Waals surface area contributed by atoms with Crippen molar-refractivity contribution < 1.29 is 206 Å². The number of carbonyl (C=O) groups excluding carboxylic acids is 4. The molecule has 0 aromatic rings. The molecule has 0 saturated heterocycles. The third-order valence-corrected chi connectivity index (χ3v) is 10.9. The summed E-state index contributed by atoms with van der Waals surface area (Å²) in [7, 11) is -5.12. The number of esters is 4. The third-order valence-electron chi connectivity index (χ3n) is 9.79. The van der Waals surface area contributed by atoms with Gasteiger partial charge in [-0.1, -0.05) is 128 Å². The van der Waals surface area contributed by atoms with Crippen molar-refractivity contribution in [3.8, 4) is 0 Å². The molecule has 0 radical (unpaired) electrons. The third kappa shape index (κ3) is 67.4. The number of unbranched alkanes of at least 4 members (excludes halogenated alkanes) is 16. The van der Waals surface area contributed by atoms with E-state index in [1.807, 2.05) is 12.2 Å². The van der Waals surface area contributed by atoms with Gasteiger partial charge in [0, 0.05) is 12.8 Å². The molecular formula is C48H94Na4O17S. The largest absolute Gasteiger partial charge is 1.00 e. The fourth-order valence-corrected chi connectivity index (χ4v) is 6.73. The van der Waals surface area contributed by atoms with Crippen molar-refractivity contribution in [2.45, 2.75) is 205 Å². The predicted octanol–water partition coefficient (Wildman–Crippen LogP) is -4.77. The van der Waals surface area contributed by atoms with Crippen LogP contribution in [0, 0.1) is 0 Å². The molecule has 0 saturated carbocycles. The molecule has 17 nitrogen and oxygen atoms in total. The van der Waals surface area contributed by atoms with Crippen LogP contribution < -0.4 is 118 Å². The molecule has 1 unspecified atom stereocenters. The van der Waals surface area contributed by atoms with E-state index in [2.05, 4.69) is 44.9 Å². The van der Waals surface area contributed by atoms with Crippen molar-refractivity contribution in [3.05, 3.63) is 24.3 Å². The molecule has 3 atom stereocenters. The zero-order valence-electron chi connectivity index (χ0n) is 48.4. The van der Waals surface area contributed by atoms with E-state index in [1.165, 1.54) is 25.7 Å². The second-order valence-corrected chi connectivity index (χ2v) is 17.6. The van der Waals surface area contributed by atoms with E-state index in [9.17, 15) is 42.4 Å². The van der Waals surface area contributed by atoms with E-state index < -0.39 is 45.7 Å². The molecule has 0 aromatic carbocycles. The topological polar surface area (TPSA) is 281 Å². The first-order chi connectivity index (χ1) is 31.7. The summed E-state index contributed by atoms with van der Waals surface area (Å²) in [5.41, 5.74) is 0. The van der Waals surface area contributed by atoms with Gasteiger partial charge in [0.25, 0.3) is 10.1 Å². The second kappa shape index (κ2) is 66.5. The molecule has 0 bridgehead atoms. The zero-order valence-corrected chi connectivity index (χ0v) is 53.2. The predicted molar refractivity (Wildman–Crippen MR) is 258 cm³/mol. The van der Waals surface area contributed by atoms with Crippen LogP contribution in [0.5, 0.6) is 0 Å². The van der Waals surface area contributed by atoms with Gasteiger partial charge in [0.2, 0.25) is 0 Å². The Morgan fingerprint density at radius 2 is 0.829 bits per heavy atom. The van der Waals surface area contributed by atoms with Gasteiger partial charge in [-0.2, -0.15) is 8.42 Å². The molecule has 22 heteroatoms. The van der Waals surface area contributed by atoms with Crippen LogP contribution in [-0.4, -0.2) is 138 Å². The zero-order chi connectivity index (χ0) is 49.9. The van der Waals surface area contributed by atoms with Crippen LogP contribution in [0.25, 0.3) is 0 Å². The number of ether oxygens (including phenoxy) is 4. The normalized spacial score (nSPS) is 12.1. The van der Waals surface area contributed by atoms with E-state index in [-0.39, 0.29) is 175 Å². The Morgan fingerprint density at radius 3 is 1.19 bits per heavy atom. The molecule has 0 rings (SSSR count). The molecular weight excluding hydrogens is 973 g/mol. The van der Waals surface area contributed by atoms with E-state index in [0.717, 1.165) is 96.3 Å². The maximum Gasteiger partial charge on any atom is 1.00 e. The van der Waals surface area contributed by atoms with Crippen LogP contribution in [0.2, 0.25) is 0 Å². The Morgan fingerprint density at radius 1 is 0.486 bits per heavy atom. The van der Waals surface area contributed by atoms with Crippen LogP contribution in [0.1, 0.15) is 193 Å². The van der Waals surface area contributed by atoms with E-state index in [1.54, 1.807) is 0 Å². The Kier molecular flexibility index (Phi) is 81.0. The number of allylic oxidation sites excluding steroid dienone is 2. The number of carbonyl (C=O) groups is 4. The molecule has 0 aliphatic heterocycles. The first-order valence-corrected chi connectivity index (χ1v) is 25.9. The SMILES string of the molecule is CCCCCC[C@@H](O)C/C=C\CCCCCCCC(=O)OC(=O)CC(C(=O)OC(=O)CCCCCCC/C=C\C[C@H](O)CCCCCC)S(=O)(=O)O.OCCOCCO.OCCOCCO.[H-].[H-].[H-].[H-].[Na+].[Na+].[Na+].[Na+]. The number of hydrogen-bond donors (Lipinski definition) is 7. The van der Waals surface area contributed by atoms with Gasteiger partial charge in [-0.25, -0.2) is 0 Å². The van der Waals surface area contributed by atoms with Crippen LogP contribution in [0.15, 0.2) is 24.3 Å². The molecule has 0 spiro atoms. The summed E-state index contributed by atoms with van der Waals surface area (Å²) in [4.78, 5) is 48.7. The maximum absolute atomic E-state index is 12.3. The summed E-state index contributed by atoms with van der Waals surface area (Å²) < 4.78 is 51.5. The van der Waals surface area contributed by atoms with E-state index in [4.69, 9.17) is 20.4 Å². The van der Waals surface area contributed by atoms with E-state index in [0.29, 0.717) is 58.5 Å². The summed E-state index contributed by atoms with van der Waals surface area (Å²) in [5.74, 6) is -4.75. The van der Waals surface area contributed by atoms with Crippen LogP contribution in [0.4, 0.5) is 0 Å². The maximum atomic E-state index is 12.3. The summed E-state index contributed by atoms with van der Waals surface area (Å²) in [6.07, 6.45) is 28.1. The molecule has 0 heterocycles. The minimum atomic E-state index is -5.12. The molecule has 0 aliphatic carbocycles. The van der Waals surface area contributed by atoms with Crippen LogP contribution in [-0.2, 0) is 48.2 Å². The number of aliphatic hydroxyl groups excluding tert-OH is 6. The van der Waals surface area contributed by atoms with Crippen molar-refractivity contribution in [2.24, 2.45) is 0 Å².